The molecule has 0 radical (unpaired) electrons. The van der Waals surface area contributed by atoms with Crippen molar-refractivity contribution in [3.05, 3.63) is 0 Å². The van der Waals surface area contributed by atoms with Gasteiger partial charge in [0, 0.05) is 32.6 Å². The van der Waals surface area contributed by atoms with Gasteiger partial charge < -0.3 is 14.5 Å². The molecule has 1 amide bonds. The molecule has 124 valence electrons. The van der Waals surface area contributed by atoms with Gasteiger partial charge in [0.2, 0.25) is 5.91 Å². The van der Waals surface area contributed by atoms with Crippen LogP contribution < -0.4 is 0 Å². The van der Waals surface area contributed by atoms with Crippen LogP contribution in [0.25, 0.3) is 0 Å². The van der Waals surface area contributed by atoms with Crippen LogP contribution in [0.3, 0.4) is 0 Å². The third-order valence-corrected chi connectivity index (χ3v) is 4.46. The van der Waals surface area contributed by atoms with Crippen molar-refractivity contribution in [3.63, 3.8) is 0 Å². The summed E-state index contributed by atoms with van der Waals surface area (Å²) in [6, 6.07) is 0. The SMILES string of the molecule is CC.CCC(=O)N1CCC(OC2CCN(CC)CC2)CC1. The Morgan fingerprint density at radius 3 is 1.86 bits per heavy atom. The molecule has 0 N–H and O–H groups in total. The zero-order valence-electron chi connectivity index (χ0n) is 14.4. The second-order valence-corrected chi connectivity index (χ2v) is 5.70. The third-order valence-electron chi connectivity index (χ3n) is 4.46. The molecule has 4 heteroatoms. The van der Waals surface area contributed by atoms with Crippen LogP contribution in [0.2, 0.25) is 0 Å². The molecule has 2 saturated heterocycles. The smallest absolute Gasteiger partial charge is 0.222 e. The highest BCUT2D eigenvalue weighted by molar-refractivity contribution is 5.75. The summed E-state index contributed by atoms with van der Waals surface area (Å²) in [7, 11) is 0. The van der Waals surface area contributed by atoms with Gasteiger partial charge in [0.05, 0.1) is 12.2 Å². The van der Waals surface area contributed by atoms with Crippen molar-refractivity contribution in [2.75, 3.05) is 32.7 Å². The highest BCUT2D eigenvalue weighted by Gasteiger charge is 2.26. The zero-order chi connectivity index (χ0) is 15.7. The monoisotopic (exact) mass is 298 g/mol. The normalized spacial score (nSPS) is 21.8. The fourth-order valence-corrected chi connectivity index (χ4v) is 3.10. The van der Waals surface area contributed by atoms with Gasteiger partial charge in [-0.3, -0.25) is 4.79 Å². The molecule has 2 aliphatic heterocycles. The molecule has 2 aliphatic rings. The fraction of sp³-hybridized carbons (Fsp3) is 0.941. The van der Waals surface area contributed by atoms with Crippen LogP contribution in [0.15, 0.2) is 0 Å². The van der Waals surface area contributed by atoms with Crippen LogP contribution in [0.4, 0.5) is 0 Å². The van der Waals surface area contributed by atoms with Crippen LogP contribution in [-0.4, -0.2) is 60.6 Å². The number of carbonyl (C=O) groups is 1. The van der Waals surface area contributed by atoms with Crippen molar-refractivity contribution in [3.8, 4) is 0 Å². The molecule has 0 aromatic carbocycles. The fourth-order valence-electron chi connectivity index (χ4n) is 3.10. The van der Waals surface area contributed by atoms with Gasteiger partial charge in [0.1, 0.15) is 0 Å². The number of amides is 1. The number of ether oxygens (including phenoxy) is 1. The molecule has 2 heterocycles. The molecule has 0 unspecified atom stereocenters. The molecule has 0 aliphatic carbocycles. The van der Waals surface area contributed by atoms with Gasteiger partial charge in [0.15, 0.2) is 0 Å². The minimum Gasteiger partial charge on any atom is -0.375 e. The quantitative estimate of drug-likeness (QED) is 0.800. The van der Waals surface area contributed by atoms with E-state index in [2.05, 4.69) is 11.8 Å². The first kappa shape index (κ1) is 18.4. The zero-order valence-corrected chi connectivity index (χ0v) is 14.4. The third kappa shape index (κ3) is 5.95. The molecule has 0 spiro atoms. The summed E-state index contributed by atoms with van der Waals surface area (Å²) in [5.74, 6) is 0.287. The highest BCUT2D eigenvalue weighted by atomic mass is 16.5. The van der Waals surface area contributed by atoms with Crippen molar-refractivity contribution in [1.29, 1.82) is 0 Å². The average Bonchev–Trinajstić information content (AvgIpc) is 2.57. The molecule has 2 fully saturated rings. The van der Waals surface area contributed by atoms with Gasteiger partial charge >= 0.3 is 0 Å². The lowest BCUT2D eigenvalue weighted by molar-refractivity contribution is -0.134. The van der Waals surface area contributed by atoms with Crippen molar-refractivity contribution in [2.24, 2.45) is 0 Å². The van der Waals surface area contributed by atoms with Crippen LogP contribution in [0.5, 0.6) is 0 Å². The first-order valence-corrected chi connectivity index (χ1v) is 8.88. The second kappa shape index (κ2) is 10.2. The molecular formula is C17H34N2O2. The molecule has 21 heavy (non-hydrogen) atoms. The van der Waals surface area contributed by atoms with Crippen LogP contribution in [0, 0.1) is 0 Å². The van der Waals surface area contributed by atoms with Crippen molar-refractivity contribution in [1.82, 2.24) is 9.80 Å². The summed E-state index contributed by atoms with van der Waals surface area (Å²) in [5, 5.41) is 0. The van der Waals surface area contributed by atoms with Gasteiger partial charge in [-0.05, 0) is 32.2 Å². The van der Waals surface area contributed by atoms with Crippen molar-refractivity contribution < 1.29 is 9.53 Å². The predicted molar refractivity (Wildman–Crippen MR) is 87.5 cm³/mol. The van der Waals surface area contributed by atoms with Crippen molar-refractivity contribution >= 4 is 5.91 Å². The summed E-state index contributed by atoms with van der Waals surface area (Å²) >= 11 is 0. The summed E-state index contributed by atoms with van der Waals surface area (Å²) in [6.07, 6.45) is 5.81. The number of rotatable bonds is 4. The average molecular weight is 298 g/mol. The molecule has 0 saturated carbocycles. The van der Waals surface area contributed by atoms with Crippen LogP contribution in [-0.2, 0) is 9.53 Å². The molecule has 2 rings (SSSR count). The number of piperidine rings is 2. The topological polar surface area (TPSA) is 32.8 Å². The number of likely N-dealkylation sites (tertiary alicyclic amines) is 2. The molecule has 0 aromatic heterocycles. The Bertz CT molecular complexity index is 281. The van der Waals surface area contributed by atoms with E-state index in [9.17, 15) is 4.79 Å². The summed E-state index contributed by atoms with van der Waals surface area (Å²) in [6.45, 7) is 13.4. The van der Waals surface area contributed by atoms with Gasteiger partial charge in [-0.2, -0.15) is 0 Å². The number of carbonyl (C=O) groups excluding carboxylic acids is 1. The molecule has 0 aromatic rings. The van der Waals surface area contributed by atoms with E-state index in [4.69, 9.17) is 4.74 Å². The Kier molecular flexibility index (Phi) is 8.93. The van der Waals surface area contributed by atoms with E-state index >= 15 is 0 Å². The minimum atomic E-state index is 0.287. The number of hydrogen-bond acceptors (Lipinski definition) is 3. The lowest BCUT2D eigenvalue weighted by Gasteiger charge is -2.36. The van der Waals surface area contributed by atoms with E-state index in [0.717, 1.165) is 32.5 Å². The van der Waals surface area contributed by atoms with E-state index in [-0.39, 0.29) is 5.91 Å². The summed E-state index contributed by atoms with van der Waals surface area (Å²) in [4.78, 5) is 16.1. The van der Waals surface area contributed by atoms with Gasteiger partial charge in [-0.25, -0.2) is 0 Å². The lowest BCUT2D eigenvalue weighted by Crippen LogP contribution is -2.43. The Morgan fingerprint density at radius 1 is 0.952 bits per heavy atom. The van der Waals surface area contributed by atoms with Crippen LogP contribution in [0.1, 0.15) is 59.8 Å². The highest BCUT2D eigenvalue weighted by Crippen LogP contribution is 2.21. The Hall–Kier alpha value is -0.610. The number of hydrogen-bond donors (Lipinski definition) is 0. The second-order valence-electron chi connectivity index (χ2n) is 5.70. The van der Waals surface area contributed by atoms with E-state index < -0.39 is 0 Å². The molecular weight excluding hydrogens is 264 g/mol. The lowest BCUT2D eigenvalue weighted by atomic mass is 10.0. The van der Waals surface area contributed by atoms with E-state index in [1.165, 1.54) is 25.9 Å². The first-order valence-electron chi connectivity index (χ1n) is 8.88. The van der Waals surface area contributed by atoms with Gasteiger partial charge in [-0.1, -0.05) is 27.7 Å². The molecule has 4 nitrogen and oxygen atoms in total. The maximum atomic E-state index is 11.6. The molecule has 0 atom stereocenters. The Balaban J connectivity index is 0.00000106. The van der Waals surface area contributed by atoms with E-state index in [1.807, 2.05) is 25.7 Å². The van der Waals surface area contributed by atoms with Crippen molar-refractivity contribution in [2.45, 2.75) is 72.0 Å². The van der Waals surface area contributed by atoms with Crippen LogP contribution >= 0.6 is 0 Å². The predicted octanol–water partition coefficient (Wildman–Crippen LogP) is 2.91. The maximum Gasteiger partial charge on any atom is 0.222 e. The van der Waals surface area contributed by atoms with E-state index in [1.54, 1.807) is 0 Å². The standard InChI is InChI=1S/C15H28N2O2.C2H6/c1-3-15(18)17-11-7-14(8-12-17)19-13-5-9-16(4-2)10-6-13;1-2/h13-14H,3-12H2,1-2H3;1-2H3. The number of nitrogens with zero attached hydrogens (tertiary/aromatic N) is 2. The largest absolute Gasteiger partial charge is 0.375 e. The van der Waals surface area contributed by atoms with E-state index in [0.29, 0.717) is 18.6 Å². The van der Waals surface area contributed by atoms with Gasteiger partial charge in [0.25, 0.3) is 0 Å². The Morgan fingerprint density at radius 2 is 1.43 bits per heavy atom. The summed E-state index contributed by atoms with van der Waals surface area (Å²) in [5.41, 5.74) is 0. The Labute approximate surface area is 130 Å². The maximum absolute atomic E-state index is 11.6. The minimum absolute atomic E-state index is 0.287. The van der Waals surface area contributed by atoms with Gasteiger partial charge in [-0.15, -0.1) is 0 Å². The first-order chi connectivity index (χ1) is 10.2. The summed E-state index contributed by atoms with van der Waals surface area (Å²) < 4.78 is 6.22. The molecule has 0 bridgehead atoms.